The highest BCUT2D eigenvalue weighted by Gasteiger charge is 2.14. The van der Waals surface area contributed by atoms with Crippen LogP contribution in [0, 0.1) is 0 Å². The van der Waals surface area contributed by atoms with Gasteiger partial charge < -0.3 is 15.0 Å². The zero-order valence-corrected chi connectivity index (χ0v) is 21.7. The predicted molar refractivity (Wildman–Crippen MR) is 147 cm³/mol. The summed E-state index contributed by atoms with van der Waals surface area (Å²) < 4.78 is 8.17. The second-order valence-corrected chi connectivity index (χ2v) is 10.00. The highest BCUT2D eigenvalue weighted by atomic mass is 35.5. The van der Waals surface area contributed by atoms with Gasteiger partial charge in [0.2, 0.25) is 0 Å². The molecule has 0 radical (unpaired) electrons. The van der Waals surface area contributed by atoms with Crippen LogP contribution in [0.25, 0.3) is 22.8 Å². The summed E-state index contributed by atoms with van der Waals surface area (Å²) in [5, 5.41) is 1.18. The van der Waals surface area contributed by atoms with Crippen LogP contribution in [0.15, 0.2) is 73.6 Å². The van der Waals surface area contributed by atoms with Gasteiger partial charge >= 0.3 is 0 Å². The molecule has 0 saturated heterocycles. The number of aryl methyl sites for hydroxylation is 3. The van der Waals surface area contributed by atoms with Gasteiger partial charge in [0.05, 0.1) is 23.5 Å². The van der Waals surface area contributed by atoms with Crippen molar-refractivity contribution in [1.29, 1.82) is 0 Å². The van der Waals surface area contributed by atoms with Crippen LogP contribution < -0.4 is 10.5 Å². The van der Waals surface area contributed by atoms with Gasteiger partial charge in [0.25, 0.3) is 0 Å². The van der Waals surface area contributed by atoms with E-state index in [0.717, 1.165) is 59.8 Å². The Balaban J connectivity index is 1.36. The zero-order valence-electron chi connectivity index (χ0n) is 20.1. The highest BCUT2D eigenvalue weighted by molar-refractivity contribution is 7.15. The monoisotopic (exact) mass is 531 g/mol. The fourth-order valence-electron chi connectivity index (χ4n) is 3.92. The summed E-state index contributed by atoms with van der Waals surface area (Å²) in [5.74, 6) is 1.26. The first-order valence-corrected chi connectivity index (χ1v) is 13.2. The van der Waals surface area contributed by atoms with Gasteiger partial charge in [-0.3, -0.25) is 4.98 Å². The Labute approximate surface area is 224 Å². The molecule has 10 heteroatoms. The Morgan fingerprint density at radius 3 is 2.62 bits per heavy atom. The SMILES string of the molecule is Nc1ncc(CCCc2cc(-c3cc(OCCCn4cccc4)ccc3Cl)nc(-c3cnccn3)n2)s1. The molecular formula is C27H26ClN7OS. The van der Waals surface area contributed by atoms with Crippen molar-refractivity contribution in [2.24, 2.45) is 0 Å². The van der Waals surface area contributed by atoms with Crippen LogP contribution in [0.1, 0.15) is 23.4 Å². The number of ether oxygens (including phenoxy) is 1. The number of rotatable bonds is 11. The third-order valence-electron chi connectivity index (χ3n) is 5.71. The number of nitrogen functional groups attached to an aromatic ring is 1. The van der Waals surface area contributed by atoms with Gasteiger partial charge in [-0.25, -0.2) is 19.9 Å². The Kier molecular flexibility index (Phi) is 8.02. The number of hydrogen-bond acceptors (Lipinski definition) is 8. The Morgan fingerprint density at radius 2 is 1.84 bits per heavy atom. The lowest BCUT2D eigenvalue weighted by molar-refractivity contribution is 0.302. The minimum atomic E-state index is 0.511. The molecule has 0 fully saturated rings. The number of aromatic nitrogens is 6. The molecule has 0 spiro atoms. The van der Waals surface area contributed by atoms with Crippen molar-refractivity contribution in [3.05, 3.63) is 89.2 Å². The number of benzene rings is 1. The third kappa shape index (κ3) is 6.69. The van der Waals surface area contributed by atoms with Crippen molar-refractivity contribution >= 4 is 28.1 Å². The van der Waals surface area contributed by atoms with E-state index in [1.165, 1.54) is 11.3 Å². The molecule has 0 atom stereocenters. The Hall–Kier alpha value is -3.82. The average Bonchev–Trinajstić information content (AvgIpc) is 3.59. The van der Waals surface area contributed by atoms with Gasteiger partial charge in [-0.1, -0.05) is 11.6 Å². The van der Waals surface area contributed by atoms with E-state index >= 15 is 0 Å². The van der Waals surface area contributed by atoms with E-state index in [1.807, 2.05) is 42.6 Å². The number of hydrogen-bond donors (Lipinski definition) is 1. The van der Waals surface area contributed by atoms with Crippen molar-refractivity contribution in [2.45, 2.75) is 32.2 Å². The maximum atomic E-state index is 6.63. The summed E-state index contributed by atoms with van der Waals surface area (Å²) in [6.07, 6.45) is 14.3. The Bertz CT molecular complexity index is 1440. The molecule has 0 saturated carbocycles. The number of nitrogens with two attached hydrogens (primary N) is 1. The molecule has 0 aliphatic rings. The van der Waals surface area contributed by atoms with Crippen molar-refractivity contribution < 1.29 is 4.74 Å². The minimum absolute atomic E-state index is 0.511. The first-order chi connectivity index (χ1) is 18.1. The lowest BCUT2D eigenvalue weighted by Gasteiger charge is -2.12. The van der Waals surface area contributed by atoms with Crippen molar-refractivity contribution in [2.75, 3.05) is 12.3 Å². The van der Waals surface area contributed by atoms with Crippen LogP contribution in [-0.4, -0.2) is 36.1 Å². The standard InChI is InChI=1S/C27H26ClN7OS/c28-23-8-7-20(36-14-4-13-35-11-1-2-12-35)16-22(23)24-15-19(5-3-6-21-17-32-27(29)37-21)33-26(34-24)25-18-30-9-10-31-25/h1-2,7-12,15-18H,3-6,13-14H2,(H2,29,32). The Morgan fingerprint density at radius 1 is 0.946 bits per heavy atom. The summed E-state index contributed by atoms with van der Waals surface area (Å²) in [6, 6.07) is 11.7. The molecule has 0 unspecified atom stereocenters. The van der Waals surface area contributed by atoms with E-state index in [9.17, 15) is 0 Å². The first kappa shape index (κ1) is 24.9. The minimum Gasteiger partial charge on any atom is -0.494 e. The average molecular weight is 532 g/mol. The van der Waals surface area contributed by atoms with Crippen molar-refractivity contribution in [3.63, 3.8) is 0 Å². The fourth-order valence-corrected chi connectivity index (χ4v) is 4.86. The molecule has 0 bridgehead atoms. The summed E-state index contributed by atoms with van der Waals surface area (Å²) in [5.41, 5.74) is 8.78. The van der Waals surface area contributed by atoms with E-state index in [2.05, 4.69) is 31.9 Å². The predicted octanol–water partition coefficient (Wildman–Crippen LogP) is 5.74. The maximum absolute atomic E-state index is 6.63. The van der Waals surface area contributed by atoms with Gasteiger partial charge in [-0.05, 0) is 62.1 Å². The van der Waals surface area contributed by atoms with E-state index < -0.39 is 0 Å². The number of nitrogens with zero attached hydrogens (tertiary/aromatic N) is 6. The van der Waals surface area contributed by atoms with Gasteiger partial charge in [-0.15, -0.1) is 11.3 Å². The van der Waals surface area contributed by atoms with Gasteiger partial charge in [0.1, 0.15) is 11.4 Å². The van der Waals surface area contributed by atoms with Gasteiger partial charge in [0.15, 0.2) is 11.0 Å². The molecule has 37 heavy (non-hydrogen) atoms. The molecule has 188 valence electrons. The van der Waals surface area contributed by atoms with Crippen LogP contribution in [0.4, 0.5) is 5.13 Å². The van der Waals surface area contributed by atoms with E-state index in [4.69, 9.17) is 32.0 Å². The topological polar surface area (TPSA) is 105 Å². The summed E-state index contributed by atoms with van der Waals surface area (Å²) in [6.45, 7) is 1.50. The molecule has 4 aromatic heterocycles. The van der Waals surface area contributed by atoms with Gasteiger partial charge in [0, 0.05) is 53.7 Å². The molecule has 5 rings (SSSR count). The van der Waals surface area contributed by atoms with Crippen LogP contribution in [-0.2, 0) is 19.4 Å². The zero-order chi connectivity index (χ0) is 25.5. The van der Waals surface area contributed by atoms with Crippen LogP contribution in [0.2, 0.25) is 5.02 Å². The van der Waals surface area contributed by atoms with E-state index in [1.54, 1.807) is 18.6 Å². The van der Waals surface area contributed by atoms with E-state index in [0.29, 0.717) is 28.3 Å². The maximum Gasteiger partial charge on any atom is 0.180 e. The molecule has 2 N–H and O–H groups in total. The molecule has 0 amide bonds. The quantitative estimate of drug-likeness (QED) is 0.217. The number of anilines is 1. The lowest BCUT2D eigenvalue weighted by Crippen LogP contribution is -2.03. The summed E-state index contributed by atoms with van der Waals surface area (Å²) in [7, 11) is 0. The normalized spacial score (nSPS) is 11.1. The molecular weight excluding hydrogens is 506 g/mol. The lowest BCUT2D eigenvalue weighted by atomic mass is 10.1. The fraction of sp³-hybridized carbons (Fsp3) is 0.222. The highest BCUT2D eigenvalue weighted by Crippen LogP contribution is 2.32. The van der Waals surface area contributed by atoms with Crippen LogP contribution in [0.3, 0.4) is 0 Å². The largest absolute Gasteiger partial charge is 0.494 e. The second-order valence-electron chi connectivity index (χ2n) is 8.44. The molecule has 8 nitrogen and oxygen atoms in total. The van der Waals surface area contributed by atoms with Crippen molar-refractivity contribution in [1.82, 2.24) is 29.5 Å². The van der Waals surface area contributed by atoms with Crippen LogP contribution in [0.5, 0.6) is 5.75 Å². The molecule has 5 aromatic rings. The van der Waals surface area contributed by atoms with E-state index in [-0.39, 0.29) is 0 Å². The van der Waals surface area contributed by atoms with Crippen LogP contribution >= 0.6 is 22.9 Å². The van der Waals surface area contributed by atoms with Gasteiger partial charge in [-0.2, -0.15) is 0 Å². The molecule has 0 aliphatic heterocycles. The number of thiazole rings is 1. The molecule has 4 heterocycles. The smallest absolute Gasteiger partial charge is 0.180 e. The second kappa shape index (κ2) is 11.9. The molecule has 0 aliphatic carbocycles. The van der Waals surface area contributed by atoms with Crippen molar-refractivity contribution in [3.8, 4) is 28.5 Å². The number of halogens is 1. The summed E-state index contributed by atoms with van der Waals surface area (Å²) in [4.78, 5) is 23.4. The third-order valence-corrected chi connectivity index (χ3v) is 6.92. The first-order valence-electron chi connectivity index (χ1n) is 12.0. The summed E-state index contributed by atoms with van der Waals surface area (Å²) >= 11 is 8.15. The molecule has 1 aromatic carbocycles.